The van der Waals surface area contributed by atoms with Crippen molar-refractivity contribution in [3.05, 3.63) is 71.8 Å². The van der Waals surface area contributed by atoms with Gasteiger partial charge in [-0.05, 0) is 35.9 Å². The highest BCUT2D eigenvalue weighted by Gasteiger charge is 2.36. The van der Waals surface area contributed by atoms with Crippen molar-refractivity contribution in [2.75, 3.05) is 53.7 Å². The summed E-state index contributed by atoms with van der Waals surface area (Å²) in [6, 6.07) is 13.4. The van der Waals surface area contributed by atoms with E-state index < -0.39 is 5.60 Å². The van der Waals surface area contributed by atoms with Gasteiger partial charge in [-0.25, -0.2) is 4.98 Å². The lowest BCUT2D eigenvalue weighted by Crippen LogP contribution is -2.50. The second-order valence-corrected chi connectivity index (χ2v) is 8.97. The lowest BCUT2D eigenvalue weighted by atomic mass is 10.1. The summed E-state index contributed by atoms with van der Waals surface area (Å²) in [6.07, 6.45) is 5.44. The van der Waals surface area contributed by atoms with Crippen molar-refractivity contribution in [1.29, 1.82) is 0 Å². The highest BCUT2D eigenvalue weighted by Crippen LogP contribution is 2.29. The number of hydrogen-bond donors (Lipinski definition) is 0. The Kier molecular flexibility index (Phi) is 8.87. The molecule has 8 nitrogen and oxygen atoms in total. The van der Waals surface area contributed by atoms with Crippen molar-refractivity contribution in [2.24, 2.45) is 0 Å². The van der Waals surface area contributed by atoms with E-state index >= 15 is 0 Å². The Morgan fingerprint density at radius 1 is 1.11 bits per heavy atom. The standard InChI is InChI=1S/C26H32ClN3O5/c1-31-25-14-21(6-7-24(25)34-13-11-29-9-8-28-20-29)16-30-10-12-33-18-26(17-30,32-2)19-35-23-5-3-4-22(27)15-23/h3-9,14-15,20H,10-13,16-19H2,1-2H3. The molecule has 9 heteroatoms. The summed E-state index contributed by atoms with van der Waals surface area (Å²) in [5, 5.41) is 0.635. The average molecular weight is 502 g/mol. The highest BCUT2D eigenvalue weighted by atomic mass is 35.5. The Morgan fingerprint density at radius 2 is 2.03 bits per heavy atom. The molecule has 1 saturated heterocycles. The lowest BCUT2D eigenvalue weighted by molar-refractivity contribution is -0.0925. The van der Waals surface area contributed by atoms with E-state index in [1.165, 1.54) is 0 Å². The summed E-state index contributed by atoms with van der Waals surface area (Å²) in [6.45, 7) is 4.84. The van der Waals surface area contributed by atoms with Gasteiger partial charge in [0, 0.05) is 44.2 Å². The minimum atomic E-state index is -0.598. The molecule has 0 N–H and O–H groups in total. The fraction of sp³-hybridized carbons (Fsp3) is 0.423. The van der Waals surface area contributed by atoms with Crippen LogP contribution in [0, 0.1) is 0 Å². The third-order valence-corrected chi connectivity index (χ3v) is 6.20. The van der Waals surface area contributed by atoms with Crippen LogP contribution in [0.3, 0.4) is 0 Å². The maximum absolute atomic E-state index is 6.09. The third kappa shape index (κ3) is 7.11. The van der Waals surface area contributed by atoms with E-state index in [0.29, 0.717) is 49.5 Å². The first-order chi connectivity index (χ1) is 17.1. The smallest absolute Gasteiger partial charge is 0.161 e. The van der Waals surface area contributed by atoms with E-state index in [0.717, 1.165) is 30.9 Å². The largest absolute Gasteiger partial charge is 0.493 e. The molecule has 3 aromatic rings. The van der Waals surface area contributed by atoms with Crippen LogP contribution in [0.25, 0.3) is 0 Å². The Balaban J connectivity index is 1.38. The predicted octanol–water partition coefficient (Wildman–Crippen LogP) is 3.92. The van der Waals surface area contributed by atoms with Gasteiger partial charge in [0.1, 0.15) is 24.6 Å². The first kappa shape index (κ1) is 25.3. The van der Waals surface area contributed by atoms with Gasteiger partial charge in [0.05, 0.1) is 33.2 Å². The summed E-state index contributed by atoms with van der Waals surface area (Å²) < 4.78 is 31.4. The van der Waals surface area contributed by atoms with Gasteiger partial charge >= 0.3 is 0 Å². The second kappa shape index (κ2) is 12.3. The predicted molar refractivity (Wildman–Crippen MR) is 133 cm³/mol. The SMILES string of the molecule is COc1cc(CN2CCOCC(COc3cccc(Cl)c3)(OC)C2)ccc1OCCn1ccnc1. The van der Waals surface area contributed by atoms with Crippen LogP contribution in [0.5, 0.6) is 17.2 Å². The van der Waals surface area contributed by atoms with Gasteiger partial charge in [-0.3, -0.25) is 4.90 Å². The molecule has 1 aromatic heterocycles. The number of imidazole rings is 1. The highest BCUT2D eigenvalue weighted by molar-refractivity contribution is 6.30. The van der Waals surface area contributed by atoms with Crippen molar-refractivity contribution >= 4 is 11.6 Å². The first-order valence-corrected chi connectivity index (χ1v) is 12.0. The zero-order valence-electron chi connectivity index (χ0n) is 20.2. The minimum Gasteiger partial charge on any atom is -0.493 e. The van der Waals surface area contributed by atoms with Crippen LogP contribution in [0.2, 0.25) is 5.02 Å². The van der Waals surface area contributed by atoms with E-state index in [9.17, 15) is 0 Å². The fourth-order valence-electron chi connectivity index (χ4n) is 4.03. The molecule has 1 fully saturated rings. The van der Waals surface area contributed by atoms with Crippen LogP contribution in [0.15, 0.2) is 61.2 Å². The summed E-state index contributed by atoms with van der Waals surface area (Å²) in [5.41, 5.74) is 0.519. The van der Waals surface area contributed by atoms with Gasteiger partial charge < -0.3 is 28.3 Å². The van der Waals surface area contributed by atoms with E-state index in [2.05, 4.69) is 16.0 Å². The molecule has 35 heavy (non-hydrogen) atoms. The molecule has 1 aliphatic rings. The number of rotatable bonds is 11. The Labute approximate surface area is 211 Å². The van der Waals surface area contributed by atoms with E-state index in [-0.39, 0.29) is 0 Å². The molecule has 1 aliphatic heterocycles. The van der Waals surface area contributed by atoms with Crippen molar-refractivity contribution in [3.8, 4) is 17.2 Å². The number of benzene rings is 2. The molecule has 1 atom stereocenters. The molecule has 188 valence electrons. The quantitative estimate of drug-likeness (QED) is 0.394. The van der Waals surface area contributed by atoms with E-state index in [1.807, 2.05) is 41.1 Å². The lowest BCUT2D eigenvalue weighted by Gasteiger charge is -2.34. The Morgan fingerprint density at radius 3 is 2.80 bits per heavy atom. The second-order valence-electron chi connectivity index (χ2n) is 8.53. The van der Waals surface area contributed by atoms with Gasteiger partial charge in [-0.2, -0.15) is 0 Å². The molecule has 0 saturated carbocycles. The van der Waals surface area contributed by atoms with Crippen LogP contribution in [-0.4, -0.2) is 73.8 Å². The van der Waals surface area contributed by atoms with Gasteiger partial charge in [0.2, 0.25) is 0 Å². The molecule has 0 radical (unpaired) electrons. The molecule has 2 aromatic carbocycles. The van der Waals surface area contributed by atoms with Crippen LogP contribution in [0.4, 0.5) is 0 Å². The van der Waals surface area contributed by atoms with Crippen LogP contribution < -0.4 is 14.2 Å². The summed E-state index contributed by atoms with van der Waals surface area (Å²) in [4.78, 5) is 6.36. The van der Waals surface area contributed by atoms with E-state index in [4.69, 9.17) is 35.3 Å². The molecule has 0 bridgehead atoms. The fourth-order valence-corrected chi connectivity index (χ4v) is 4.21. The number of hydrogen-bond acceptors (Lipinski definition) is 7. The molecule has 1 unspecified atom stereocenters. The van der Waals surface area contributed by atoms with Gasteiger partial charge in [-0.15, -0.1) is 0 Å². The molecule has 4 rings (SSSR count). The number of ether oxygens (including phenoxy) is 5. The number of nitrogens with zero attached hydrogens (tertiary/aromatic N) is 3. The van der Waals surface area contributed by atoms with Gasteiger partial charge in [0.15, 0.2) is 11.5 Å². The van der Waals surface area contributed by atoms with Gasteiger partial charge in [-0.1, -0.05) is 23.7 Å². The monoisotopic (exact) mass is 501 g/mol. The zero-order valence-corrected chi connectivity index (χ0v) is 20.9. The van der Waals surface area contributed by atoms with Crippen molar-refractivity contribution in [3.63, 3.8) is 0 Å². The topological polar surface area (TPSA) is 67.2 Å². The van der Waals surface area contributed by atoms with Crippen LogP contribution in [0.1, 0.15) is 5.56 Å². The first-order valence-electron chi connectivity index (χ1n) is 11.6. The average Bonchev–Trinajstić information content (AvgIpc) is 3.31. The summed E-state index contributed by atoms with van der Waals surface area (Å²) in [5.74, 6) is 2.14. The molecular formula is C26H32ClN3O5. The molecule has 0 aliphatic carbocycles. The summed E-state index contributed by atoms with van der Waals surface area (Å²) >= 11 is 6.09. The van der Waals surface area contributed by atoms with Gasteiger partial charge in [0.25, 0.3) is 0 Å². The summed E-state index contributed by atoms with van der Waals surface area (Å²) in [7, 11) is 3.36. The normalized spacial score (nSPS) is 18.7. The number of halogens is 1. The maximum atomic E-state index is 6.09. The molecule has 0 amide bonds. The van der Waals surface area contributed by atoms with Crippen LogP contribution in [-0.2, 0) is 22.6 Å². The number of aromatic nitrogens is 2. The molecule has 2 heterocycles. The maximum Gasteiger partial charge on any atom is 0.161 e. The molecular weight excluding hydrogens is 470 g/mol. The van der Waals surface area contributed by atoms with E-state index in [1.54, 1.807) is 32.8 Å². The Bertz CT molecular complexity index is 1060. The minimum absolute atomic E-state index is 0.355. The van der Waals surface area contributed by atoms with Crippen molar-refractivity contribution < 1.29 is 23.7 Å². The Hall–Kier alpha value is -2.78. The van der Waals surface area contributed by atoms with Crippen LogP contribution >= 0.6 is 11.6 Å². The zero-order chi connectivity index (χ0) is 24.5. The molecule has 0 spiro atoms. The third-order valence-electron chi connectivity index (χ3n) is 5.96. The van der Waals surface area contributed by atoms with Crippen molar-refractivity contribution in [1.82, 2.24) is 14.5 Å². The van der Waals surface area contributed by atoms with Crippen molar-refractivity contribution in [2.45, 2.75) is 18.7 Å². The number of methoxy groups -OCH3 is 2.